The first-order valence-corrected chi connectivity index (χ1v) is 7.21. The summed E-state index contributed by atoms with van der Waals surface area (Å²) in [5.41, 5.74) is 2.77. The number of halogens is 1. The molecular formula is C14H20ClN5O. The predicted molar refractivity (Wildman–Crippen MR) is 81.7 cm³/mol. The van der Waals surface area contributed by atoms with Crippen LogP contribution in [-0.2, 0) is 19.9 Å². The zero-order valence-electron chi connectivity index (χ0n) is 12.7. The van der Waals surface area contributed by atoms with Crippen molar-refractivity contribution in [3.63, 3.8) is 0 Å². The maximum Gasteiger partial charge on any atom is 0.216 e. The smallest absolute Gasteiger partial charge is 0.216 e. The van der Waals surface area contributed by atoms with E-state index >= 15 is 0 Å². The van der Waals surface area contributed by atoms with E-state index in [1.807, 2.05) is 31.8 Å². The SMILES string of the molecule is CCc1nn(C)c(CC(NC)c2cc(OC)ncn2)c1Cl. The molecule has 1 unspecified atom stereocenters. The summed E-state index contributed by atoms with van der Waals surface area (Å²) in [5, 5.41) is 8.43. The lowest BCUT2D eigenvalue weighted by Crippen LogP contribution is -2.21. The van der Waals surface area contributed by atoms with Crippen molar-refractivity contribution < 1.29 is 4.74 Å². The Hall–Kier alpha value is -1.66. The van der Waals surface area contributed by atoms with E-state index in [0.717, 1.165) is 28.5 Å². The summed E-state index contributed by atoms with van der Waals surface area (Å²) in [6.45, 7) is 2.04. The van der Waals surface area contributed by atoms with Crippen LogP contribution in [0.1, 0.15) is 30.0 Å². The highest BCUT2D eigenvalue weighted by atomic mass is 35.5. The highest BCUT2D eigenvalue weighted by molar-refractivity contribution is 6.31. The molecule has 2 rings (SSSR count). The Bertz CT molecular complexity index is 613. The molecule has 0 saturated carbocycles. The van der Waals surface area contributed by atoms with Crippen molar-refractivity contribution in [3.05, 3.63) is 34.5 Å². The molecule has 7 heteroatoms. The minimum absolute atomic E-state index is 0.0134. The Balaban J connectivity index is 2.28. The number of hydrogen-bond acceptors (Lipinski definition) is 5. The van der Waals surface area contributed by atoms with Crippen LogP contribution >= 0.6 is 11.6 Å². The third-order valence-electron chi connectivity index (χ3n) is 3.48. The van der Waals surface area contributed by atoms with Crippen molar-refractivity contribution in [2.24, 2.45) is 7.05 Å². The molecule has 2 aromatic heterocycles. The molecule has 21 heavy (non-hydrogen) atoms. The minimum atomic E-state index is 0.0134. The van der Waals surface area contributed by atoms with E-state index in [4.69, 9.17) is 16.3 Å². The van der Waals surface area contributed by atoms with Crippen LogP contribution in [-0.4, -0.2) is 33.9 Å². The second-order valence-electron chi connectivity index (χ2n) is 4.72. The van der Waals surface area contributed by atoms with E-state index in [1.54, 1.807) is 7.11 Å². The molecule has 0 aliphatic carbocycles. The van der Waals surface area contributed by atoms with Gasteiger partial charge in [-0.15, -0.1) is 0 Å². The lowest BCUT2D eigenvalue weighted by Gasteiger charge is -2.16. The Morgan fingerprint density at radius 1 is 1.43 bits per heavy atom. The number of ether oxygens (including phenoxy) is 1. The van der Waals surface area contributed by atoms with Gasteiger partial charge in [0.25, 0.3) is 0 Å². The van der Waals surface area contributed by atoms with Crippen molar-refractivity contribution >= 4 is 11.6 Å². The molecule has 0 aromatic carbocycles. The van der Waals surface area contributed by atoms with Gasteiger partial charge >= 0.3 is 0 Å². The van der Waals surface area contributed by atoms with Gasteiger partial charge in [0.1, 0.15) is 6.33 Å². The van der Waals surface area contributed by atoms with E-state index in [2.05, 4.69) is 20.4 Å². The Kier molecular flexibility index (Phi) is 5.14. The van der Waals surface area contributed by atoms with Crippen LogP contribution in [0.4, 0.5) is 0 Å². The van der Waals surface area contributed by atoms with Gasteiger partial charge in [-0.3, -0.25) is 4.68 Å². The summed E-state index contributed by atoms with van der Waals surface area (Å²) in [4.78, 5) is 8.34. The largest absolute Gasteiger partial charge is 0.481 e. The van der Waals surface area contributed by atoms with E-state index in [9.17, 15) is 0 Å². The summed E-state index contributed by atoms with van der Waals surface area (Å²) in [6.07, 6.45) is 3.01. The Morgan fingerprint density at radius 3 is 2.76 bits per heavy atom. The first-order valence-electron chi connectivity index (χ1n) is 6.84. The summed E-state index contributed by atoms with van der Waals surface area (Å²) in [5.74, 6) is 0.547. The van der Waals surface area contributed by atoms with Crippen LogP contribution in [0, 0.1) is 0 Å². The van der Waals surface area contributed by atoms with Crippen LogP contribution in [0.5, 0.6) is 5.88 Å². The topological polar surface area (TPSA) is 64.9 Å². The van der Waals surface area contributed by atoms with Gasteiger partial charge in [-0.25, -0.2) is 9.97 Å². The quantitative estimate of drug-likeness (QED) is 0.883. The van der Waals surface area contributed by atoms with Crippen LogP contribution in [0.2, 0.25) is 5.02 Å². The molecule has 0 fully saturated rings. The van der Waals surface area contributed by atoms with Crippen LogP contribution < -0.4 is 10.1 Å². The normalized spacial score (nSPS) is 12.4. The van der Waals surface area contributed by atoms with E-state index < -0.39 is 0 Å². The number of nitrogens with zero attached hydrogens (tertiary/aromatic N) is 4. The summed E-state index contributed by atoms with van der Waals surface area (Å²) in [6, 6.07) is 1.84. The standard InChI is InChI=1S/C14H20ClN5O/c1-5-9-14(15)12(20(3)19-9)6-10(16-2)11-7-13(21-4)18-8-17-11/h7-8,10,16H,5-6H2,1-4H3. The fourth-order valence-electron chi connectivity index (χ4n) is 2.25. The molecular weight excluding hydrogens is 290 g/mol. The van der Waals surface area contributed by atoms with Gasteiger partial charge in [0, 0.05) is 19.5 Å². The average molecular weight is 310 g/mol. The molecule has 0 amide bonds. The van der Waals surface area contributed by atoms with Gasteiger partial charge in [-0.2, -0.15) is 5.10 Å². The Labute approximate surface area is 129 Å². The zero-order chi connectivity index (χ0) is 15.4. The van der Waals surface area contributed by atoms with Crippen LogP contribution in [0.3, 0.4) is 0 Å². The van der Waals surface area contributed by atoms with Gasteiger partial charge in [-0.05, 0) is 13.5 Å². The first-order chi connectivity index (χ1) is 10.1. The zero-order valence-corrected chi connectivity index (χ0v) is 13.5. The predicted octanol–water partition coefficient (Wildman–Crippen LogP) is 1.94. The second kappa shape index (κ2) is 6.87. The molecule has 0 radical (unpaired) electrons. The van der Waals surface area contributed by atoms with Gasteiger partial charge in [0.2, 0.25) is 5.88 Å². The van der Waals surface area contributed by atoms with Crippen LogP contribution in [0.25, 0.3) is 0 Å². The molecule has 0 aliphatic heterocycles. The number of methoxy groups -OCH3 is 1. The van der Waals surface area contributed by atoms with Crippen molar-refractivity contribution in [2.45, 2.75) is 25.8 Å². The third-order valence-corrected chi connectivity index (χ3v) is 3.91. The molecule has 0 bridgehead atoms. The van der Waals surface area contributed by atoms with Crippen molar-refractivity contribution in [3.8, 4) is 5.88 Å². The number of aryl methyl sites for hydroxylation is 2. The molecule has 2 heterocycles. The monoisotopic (exact) mass is 309 g/mol. The maximum atomic E-state index is 6.41. The number of likely N-dealkylation sites (N-methyl/N-ethyl adjacent to an activating group) is 1. The number of aromatic nitrogens is 4. The lowest BCUT2D eigenvalue weighted by atomic mass is 10.1. The summed E-state index contributed by atoms with van der Waals surface area (Å²) in [7, 11) is 5.39. The maximum absolute atomic E-state index is 6.41. The molecule has 0 aliphatic rings. The fraction of sp³-hybridized carbons (Fsp3) is 0.500. The molecule has 2 aromatic rings. The number of nitrogens with one attached hydrogen (secondary N) is 1. The lowest BCUT2D eigenvalue weighted by molar-refractivity contribution is 0.394. The van der Waals surface area contributed by atoms with E-state index in [1.165, 1.54) is 6.33 Å². The molecule has 0 saturated heterocycles. The Morgan fingerprint density at radius 2 is 2.19 bits per heavy atom. The second-order valence-corrected chi connectivity index (χ2v) is 5.09. The number of rotatable bonds is 6. The molecule has 6 nitrogen and oxygen atoms in total. The molecule has 114 valence electrons. The summed E-state index contributed by atoms with van der Waals surface area (Å²) >= 11 is 6.41. The van der Waals surface area contributed by atoms with E-state index in [-0.39, 0.29) is 6.04 Å². The molecule has 1 N–H and O–H groups in total. The van der Waals surface area contributed by atoms with Gasteiger partial charge in [0.05, 0.1) is 35.3 Å². The van der Waals surface area contributed by atoms with Crippen molar-refractivity contribution in [1.82, 2.24) is 25.1 Å². The van der Waals surface area contributed by atoms with Gasteiger partial charge in [0.15, 0.2) is 0 Å². The summed E-state index contributed by atoms with van der Waals surface area (Å²) < 4.78 is 6.98. The van der Waals surface area contributed by atoms with Crippen LogP contribution in [0.15, 0.2) is 12.4 Å². The highest BCUT2D eigenvalue weighted by Gasteiger charge is 2.19. The fourth-order valence-corrected chi connectivity index (χ4v) is 2.62. The first kappa shape index (κ1) is 15.7. The highest BCUT2D eigenvalue weighted by Crippen LogP contribution is 2.26. The van der Waals surface area contributed by atoms with Crippen molar-refractivity contribution in [2.75, 3.05) is 14.2 Å². The average Bonchev–Trinajstić information content (AvgIpc) is 2.79. The molecule has 1 atom stereocenters. The van der Waals surface area contributed by atoms with E-state index in [0.29, 0.717) is 12.3 Å². The van der Waals surface area contributed by atoms with Gasteiger partial charge in [-0.1, -0.05) is 18.5 Å². The third kappa shape index (κ3) is 3.33. The molecule has 0 spiro atoms. The van der Waals surface area contributed by atoms with Crippen molar-refractivity contribution in [1.29, 1.82) is 0 Å². The van der Waals surface area contributed by atoms with Gasteiger partial charge < -0.3 is 10.1 Å². The number of hydrogen-bond donors (Lipinski definition) is 1. The minimum Gasteiger partial charge on any atom is -0.481 e.